The van der Waals surface area contributed by atoms with Crippen LogP contribution < -0.4 is 25.4 Å². The summed E-state index contributed by atoms with van der Waals surface area (Å²) >= 11 is 0. The van der Waals surface area contributed by atoms with Crippen LogP contribution in [0.2, 0.25) is 0 Å². The SMILES string of the molecule is CN(C)c1cc(N)[n+](OS(=O)(=O)O)c(N)n1. The summed E-state index contributed by atoms with van der Waals surface area (Å²) in [7, 11) is -1.30. The molecule has 0 amide bonds. The maximum Gasteiger partial charge on any atom is 0.474 e. The molecule has 90 valence electrons. The predicted octanol–water partition coefficient (Wildman–Crippen LogP) is -2.17. The van der Waals surface area contributed by atoms with Crippen molar-refractivity contribution in [3.8, 4) is 0 Å². The summed E-state index contributed by atoms with van der Waals surface area (Å²) in [4.78, 5) is 5.42. The average molecular weight is 250 g/mol. The Bertz CT molecular complexity index is 477. The third-order valence-corrected chi connectivity index (χ3v) is 1.91. The van der Waals surface area contributed by atoms with Crippen LogP contribution in [-0.4, -0.2) is 32.0 Å². The number of hydrogen-bond donors (Lipinski definition) is 3. The molecule has 0 bridgehead atoms. The van der Waals surface area contributed by atoms with Gasteiger partial charge in [-0.1, -0.05) is 4.98 Å². The molecule has 5 N–H and O–H groups in total. The Labute approximate surface area is 92.2 Å². The zero-order valence-electron chi connectivity index (χ0n) is 8.65. The van der Waals surface area contributed by atoms with E-state index < -0.39 is 10.4 Å². The van der Waals surface area contributed by atoms with Crippen LogP contribution in [-0.2, 0) is 10.4 Å². The predicted molar refractivity (Wildman–Crippen MR) is 55.7 cm³/mol. The van der Waals surface area contributed by atoms with E-state index in [4.69, 9.17) is 16.0 Å². The number of aromatic nitrogens is 2. The van der Waals surface area contributed by atoms with Gasteiger partial charge in [0.15, 0.2) is 5.82 Å². The molecule has 0 spiro atoms. The first kappa shape index (κ1) is 12.3. The lowest BCUT2D eigenvalue weighted by Gasteiger charge is -2.10. The minimum absolute atomic E-state index is 0.117. The third-order valence-electron chi connectivity index (χ3n) is 1.58. The van der Waals surface area contributed by atoms with Gasteiger partial charge in [0.05, 0.1) is 6.07 Å². The Morgan fingerprint density at radius 1 is 1.50 bits per heavy atom. The van der Waals surface area contributed by atoms with Gasteiger partial charge in [-0.15, -0.1) is 0 Å². The Morgan fingerprint density at radius 2 is 2.06 bits per heavy atom. The van der Waals surface area contributed by atoms with Crippen LogP contribution in [0.5, 0.6) is 0 Å². The van der Waals surface area contributed by atoms with Crippen LogP contribution in [0, 0.1) is 0 Å². The van der Waals surface area contributed by atoms with E-state index in [0.717, 1.165) is 0 Å². The highest BCUT2D eigenvalue weighted by Crippen LogP contribution is 2.10. The van der Waals surface area contributed by atoms with Crippen molar-refractivity contribution in [2.24, 2.45) is 0 Å². The average Bonchev–Trinajstić information content (AvgIpc) is 2.09. The molecule has 0 saturated carbocycles. The molecule has 1 aromatic rings. The van der Waals surface area contributed by atoms with Gasteiger partial charge in [-0.25, -0.2) is 4.28 Å². The number of nitrogens with two attached hydrogens (primary N) is 2. The quantitative estimate of drug-likeness (QED) is 0.407. The summed E-state index contributed by atoms with van der Waals surface area (Å²) in [6.07, 6.45) is 0. The van der Waals surface area contributed by atoms with E-state index in [1.165, 1.54) is 6.07 Å². The first-order valence-corrected chi connectivity index (χ1v) is 5.40. The molecule has 0 radical (unpaired) electrons. The van der Waals surface area contributed by atoms with E-state index >= 15 is 0 Å². The van der Waals surface area contributed by atoms with Crippen molar-refractivity contribution in [2.45, 2.75) is 0 Å². The van der Waals surface area contributed by atoms with Gasteiger partial charge < -0.3 is 16.4 Å². The van der Waals surface area contributed by atoms with Gasteiger partial charge in [-0.2, -0.15) is 8.42 Å². The molecule has 10 heteroatoms. The highest BCUT2D eigenvalue weighted by molar-refractivity contribution is 7.80. The van der Waals surface area contributed by atoms with E-state index in [1.807, 2.05) is 0 Å². The molecule has 1 rings (SSSR count). The summed E-state index contributed by atoms with van der Waals surface area (Å²) in [5.74, 6) is 0.000313. The number of nitrogen functional groups attached to an aromatic ring is 2. The van der Waals surface area contributed by atoms with Crippen LogP contribution in [0.3, 0.4) is 0 Å². The Morgan fingerprint density at radius 3 is 2.44 bits per heavy atom. The lowest BCUT2D eigenvalue weighted by Crippen LogP contribution is -2.50. The third kappa shape index (κ3) is 2.84. The summed E-state index contributed by atoms with van der Waals surface area (Å²) in [6.45, 7) is 0. The van der Waals surface area contributed by atoms with Gasteiger partial charge >= 0.3 is 16.3 Å². The maximum absolute atomic E-state index is 10.5. The van der Waals surface area contributed by atoms with Gasteiger partial charge in [-0.3, -0.25) is 4.55 Å². The van der Waals surface area contributed by atoms with E-state index in [9.17, 15) is 8.42 Å². The molecule has 0 fully saturated rings. The molecule has 0 aliphatic heterocycles. The maximum atomic E-state index is 10.5. The van der Waals surface area contributed by atoms with Crippen LogP contribution in [0.4, 0.5) is 17.6 Å². The van der Waals surface area contributed by atoms with Crippen molar-refractivity contribution in [3.05, 3.63) is 6.07 Å². The van der Waals surface area contributed by atoms with Gasteiger partial charge in [0.2, 0.25) is 5.82 Å². The van der Waals surface area contributed by atoms with Crippen LogP contribution in [0.15, 0.2) is 6.07 Å². The lowest BCUT2D eigenvalue weighted by atomic mass is 10.5. The normalized spacial score (nSPS) is 11.2. The summed E-state index contributed by atoms with van der Waals surface area (Å²) < 4.78 is 34.1. The van der Waals surface area contributed by atoms with Gasteiger partial charge in [-0.05, 0) is 4.73 Å². The van der Waals surface area contributed by atoms with Crippen molar-refractivity contribution in [3.63, 3.8) is 0 Å². The molecule has 0 aliphatic rings. The number of anilines is 3. The van der Waals surface area contributed by atoms with E-state index in [2.05, 4.69) is 9.27 Å². The van der Waals surface area contributed by atoms with Gasteiger partial charge in [0.25, 0.3) is 0 Å². The molecular weight excluding hydrogens is 238 g/mol. The highest BCUT2D eigenvalue weighted by Gasteiger charge is 2.20. The van der Waals surface area contributed by atoms with Crippen LogP contribution in [0.1, 0.15) is 0 Å². The van der Waals surface area contributed by atoms with Crippen molar-refractivity contribution in [1.29, 1.82) is 0 Å². The molecule has 0 aromatic carbocycles. The second-order valence-corrected chi connectivity index (χ2v) is 4.09. The second kappa shape index (κ2) is 3.98. The minimum atomic E-state index is -4.71. The number of nitrogens with zero attached hydrogens (tertiary/aromatic N) is 3. The summed E-state index contributed by atoms with van der Waals surface area (Å²) in [5, 5.41) is 0. The Kier molecular flexibility index (Phi) is 3.05. The zero-order chi connectivity index (χ0) is 12.5. The molecule has 9 nitrogen and oxygen atoms in total. The van der Waals surface area contributed by atoms with Crippen molar-refractivity contribution >= 4 is 28.0 Å². The monoisotopic (exact) mass is 250 g/mol. The van der Waals surface area contributed by atoms with E-state index in [1.54, 1.807) is 19.0 Å². The van der Waals surface area contributed by atoms with E-state index in [-0.39, 0.29) is 11.8 Å². The minimum Gasteiger partial charge on any atom is -0.352 e. The fourth-order valence-electron chi connectivity index (χ4n) is 0.923. The Hall–Kier alpha value is -1.81. The zero-order valence-corrected chi connectivity index (χ0v) is 9.47. The highest BCUT2D eigenvalue weighted by atomic mass is 32.3. The molecule has 1 heterocycles. The fourth-order valence-corrected chi connectivity index (χ4v) is 1.27. The topological polar surface area (TPSA) is 136 Å². The lowest BCUT2D eigenvalue weighted by molar-refractivity contribution is -0.835. The van der Waals surface area contributed by atoms with Crippen LogP contribution in [0.25, 0.3) is 0 Å². The molecule has 0 saturated heterocycles. The standard InChI is InChI=1S/C6H11N5O4S/c1-10(2)5-3-4(7)11(6(8)9-5)15-16(12,13)14/h3H,1-2H3,(H4,7,8,9,12,13,14)/p+1. The first-order valence-electron chi connectivity index (χ1n) is 4.03. The van der Waals surface area contributed by atoms with E-state index in [0.29, 0.717) is 10.5 Å². The van der Waals surface area contributed by atoms with Gasteiger partial charge in [0.1, 0.15) is 0 Å². The molecule has 16 heavy (non-hydrogen) atoms. The van der Waals surface area contributed by atoms with Crippen molar-refractivity contribution in [1.82, 2.24) is 4.98 Å². The van der Waals surface area contributed by atoms with Crippen molar-refractivity contribution < 1.29 is 22.0 Å². The van der Waals surface area contributed by atoms with Gasteiger partial charge in [0, 0.05) is 14.1 Å². The molecule has 1 aromatic heterocycles. The first-order chi connectivity index (χ1) is 7.20. The second-order valence-electron chi connectivity index (χ2n) is 3.09. The summed E-state index contributed by atoms with van der Waals surface area (Å²) in [6, 6.07) is 1.33. The van der Waals surface area contributed by atoms with Crippen molar-refractivity contribution in [2.75, 3.05) is 30.5 Å². The fraction of sp³-hybridized carbons (Fsp3) is 0.333. The smallest absolute Gasteiger partial charge is 0.352 e. The summed E-state index contributed by atoms with van der Waals surface area (Å²) in [5.41, 5.74) is 10.9. The van der Waals surface area contributed by atoms with Crippen LogP contribution >= 0.6 is 0 Å². The number of rotatable bonds is 3. The largest absolute Gasteiger partial charge is 0.474 e. The Balaban J connectivity index is 3.23. The number of hydrogen-bond acceptors (Lipinski definition) is 7. The molecule has 0 unspecified atom stereocenters. The molecular formula is C6H12N5O4S+. The molecule has 0 aliphatic carbocycles. The molecule has 0 atom stereocenters.